The SMILES string of the molecule is COc1ccc(CCN2COc3ccc4c(c3C2)O/C(=C\c2ccc(C)cc2)C4=O)cc1. The van der Waals surface area contributed by atoms with E-state index in [0.717, 1.165) is 35.6 Å². The molecule has 0 aliphatic carbocycles. The Morgan fingerprint density at radius 1 is 1.03 bits per heavy atom. The van der Waals surface area contributed by atoms with Gasteiger partial charge >= 0.3 is 0 Å². The molecule has 3 aromatic rings. The number of benzene rings is 3. The van der Waals surface area contributed by atoms with Gasteiger partial charge in [0.05, 0.1) is 18.2 Å². The standard InChI is InChI=1S/C27H25NO4/c1-18-3-5-20(6-4-18)15-25-26(29)22-11-12-24-23(27(22)32-25)16-28(17-31-24)14-13-19-7-9-21(30-2)10-8-19/h3-12,15H,13-14,16-17H2,1-2H3/b25-15-. The van der Waals surface area contributed by atoms with Gasteiger partial charge in [-0.1, -0.05) is 42.0 Å². The van der Waals surface area contributed by atoms with Gasteiger partial charge < -0.3 is 14.2 Å². The number of ether oxygens (including phenoxy) is 3. The van der Waals surface area contributed by atoms with E-state index < -0.39 is 0 Å². The molecule has 0 bridgehead atoms. The quantitative estimate of drug-likeness (QED) is 0.536. The van der Waals surface area contributed by atoms with Crippen molar-refractivity contribution in [2.75, 3.05) is 20.4 Å². The summed E-state index contributed by atoms with van der Waals surface area (Å²) in [5.41, 5.74) is 4.89. The van der Waals surface area contributed by atoms with Gasteiger partial charge in [-0.05, 0) is 54.8 Å². The number of nitrogens with zero attached hydrogens (tertiary/aromatic N) is 1. The van der Waals surface area contributed by atoms with Crippen LogP contribution in [-0.4, -0.2) is 31.1 Å². The third-order valence-electron chi connectivity index (χ3n) is 5.93. The molecule has 32 heavy (non-hydrogen) atoms. The summed E-state index contributed by atoms with van der Waals surface area (Å²) in [6, 6.07) is 19.8. The summed E-state index contributed by atoms with van der Waals surface area (Å²) in [6.07, 6.45) is 2.70. The van der Waals surface area contributed by atoms with Crippen molar-refractivity contribution >= 4 is 11.9 Å². The van der Waals surface area contributed by atoms with Crippen LogP contribution in [-0.2, 0) is 13.0 Å². The van der Waals surface area contributed by atoms with E-state index in [1.165, 1.54) is 11.1 Å². The minimum atomic E-state index is -0.0845. The first kappa shape index (κ1) is 20.3. The summed E-state index contributed by atoms with van der Waals surface area (Å²) in [5.74, 6) is 2.54. The first-order chi connectivity index (χ1) is 15.6. The van der Waals surface area contributed by atoms with E-state index in [2.05, 4.69) is 17.0 Å². The molecule has 0 N–H and O–H groups in total. The zero-order valence-corrected chi connectivity index (χ0v) is 18.3. The van der Waals surface area contributed by atoms with Crippen molar-refractivity contribution in [3.05, 3.63) is 94.2 Å². The van der Waals surface area contributed by atoms with Gasteiger partial charge in [0.1, 0.15) is 24.0 Å². The lowest BCUT2D eigenvalue weighted by Crippen LogP contribution is -2.33. The minimum Gasteiger partial charge on any atom is -0.497 e. The number of allylic oxidation sites excluding steroid dienone is 1. The molecule has 3 aromatic carbocycles. The summed E-state index contributed by atoms with van der Waals surface area (Å²) in [6.45, 7) is 4.08. The molecule has 0 aromatic heterocycles. The molecule has 2 aliphatic heterocycles. The zero-order valence-electron chi connectivity index (χ0n) is 18.3. The monoisotopic (exact) mass is 427 g/mol. The van der Waals surface area contributed by atoms with Crippen LogP contribution in [0.2, 0.25) is 0 Å². The lowest BCUT2D eigenvalue weighted by Gasteiger charge is -2.29. The topological polar surface area (TPSA) is 48.0 Å². The van der Waals surface area contributed by atoms with Crippen LogP contribution in [0, 0.1) is 6.92 Å². The van der Waals surface area contributed by atoms with E-state index in [4.69, 9.17) is 14.2 Å². The molecule has 0 unspecified atom stereocenters. The zero-order chi connectivity index (χ0) is 22.1. The van der Waals surface area contributed by atoms with Gasteiger partial charge in [0.15, 0.2) is 5.76 Å². The number of rotatable bonds is 5. The highest BCUT2D eigenvalue weighted by molar-refractivity contribution is 6.15. The molecule has 0 saturated heterocycles. The number of carbonyl (C=O) groups excluding carboxylic acids is 1. The number of ketones is 1. The van der Waals surface area contributed by atoms with Crippen LogP contribution in [0.3, 0.4) is 0 Å². The maximum atomic E-state index is 12.9. The Morgan fingerprint density at radius 2 is 1.81 bits per heavy atom. The van der Waals surface area contributed by atoms with Gasteiger partial charge in [-0.3, -0.25) is 9.69 Å². The lowest BCUT2D eigenvalue weighted by atomic mass is 10.0. The van der Waals surface area contributed by atoms with E-state index in [0.29, 0.717) is 30.3 Å². The van der Waals surface area contributed by atoms with E-state index in [9.17, 15) is 4.79 Å². The van der Waals surface area contributed by atoms with E-state index in [1.54, 1.807) is 19.3 Å². The number of hydrogen-bond acceptors (Lipinski definition) is 5. The van der Waals surface area contributed by atoms with Crippen LogP contribution in [0.5, 0.6) is 17.2 Å². The van der Waals surface area contributed by atoms with Crippen LogP contribution in [0.25, 0.3) is 6.08 Å². The predicted molar refractivity (Wildman–Crippen MR) is 123 cm³/mol. The number of Topliss-reactive ketones (excluding diaryl/α,β-unsaturated/α-hetero) is 1. The molecule has 0 fully saturated rings. The molecule has 162 valence electrons. The second-order valence-electron chi connectivity index (χ2n) is 8.19. The van der Waals surface area contributed by atoms with Crippen LogP contribution in [0.15, 0.2) is 66.4 Å². The van der Waals surface area contributed by atoms with Crippen molar-refractivity contribution in [3.8, 4) is 17.2 Å². The van der Waals surface area contributed by atoms with Gasteiger partial charge in [0.25, 0.3) is 0 Å². The predicted octanol–water partition coefficient (Wildman–Crippen LogP) is 5.01. The Labute approximate surface area is 187 Å². The first-order valence-corrected chi connectivity index (χ1v) is 10.8. The number of aryl methyl sites for hydroxylation is 1. The molecular weight excluding hydrogens is 402 g/mol. The van der Waals surface area contributed by atoms with Gasteiger partial charge in [-0.15, -0.1) is 0 Å². The molecule has 2 heterocycles. The van der Waals surface area contributed by atoms with E-state index in [-0.39, 0.29) is 5.78 Å². The van der Waals surface area contributed by atoms with Crippen molar-refractivity contribution in [1.29, 1.82) is 0 Å². The molecule has 0 atom stereocenters. The van der Waals surface area contributed by atoms with Crippen LogP contribution >= 0.6 is 0 Å². The maximum absolute atomic E-state index is 12.9. The van der Waals surface area contributed by atoms with Crippen molar-refractivity contribution in [2.24, 2.45) is 0 Å². The van der Waals surface area contributed by atoms with Crippen LogP contribution in [0.1, 0.15) is 32.6 Å². The third kappa shape index (κ3) is 3.99. The summed E-state index contributed by atoms with van der Waals surface area (Å²) in [5, 5.41) is 0. The second kappa shape index (κ2) is 8.52. The summed E-state index contributed by atoms with van der Waals surface area (Å²) >= 11 is 0. The fourth-order valence-electron chi connectivity index (χ4n) is 4.04. The second-order valence-corrected chi connectivity index (χ2v) is 8.19. The van der Waals surface area contributed by atoms with Gasteiger partial charge in [-0.2, -0.15) is 0 Å². The molecule has 0 amide bonds. The molecule has 5 rings (SSSR count). The minimum absolute atomic E-state index is 0.0845. The molecule has 2 aliphatic rings. The maximum Gasteiger partial charge on any atom is 0.231 e. The number of hydrogen-bond donors (Lipinski definition) is 0. The third-order valence-corrected chi connectivity index (χ3v) is 5.93. The Kier molecular flexibility index (Phi) is 5.41. The van der Waals surface area contributed by atoms with Crippen molar-refractivity contribution < 1.29 is 19.0 Å². The number of methoxy groups -OCH3 is 1. The largest absolute Gasteiger partial charge is 0.497 e. The van der Waals surface area contributed by atoms with E-state index in [1.807, 2.05) is 49.4 Å². The average molecular weight is 428 g/mol. The summed E-state index contributed by atoms with van der Waals surface area (Å²) < 4.78 is 17.3. The van der Waals surface area contributed by atoms with Gasteiger partial charge in [-0.25, -0.2) is 0 Å². The number of fused-ring (bicyclic) bond motifs is 3. The van der Waals surface area contributed by atoms with Gasteiger partial charge in [0, 0.05) is 13.1 Å². The average Bonchev–Trinajstić information content (AvgIpc) is 3.15. The van der Waals surface area contributed by atoms with E-state index >= 15 is 0 Å². The number of carbonyl (C=O) groups is 1. The van der Waals surface area contributed by atoms with Crippen LogP contribution < -0.4 is 14.2 Å². The Morgan fingerprint density at radius 3 is 2.56 bits per heavy atom. The highest BCUT2D eigenvalue weighted by Crippen LogP contribution is 2.42. The molecule has 0 radical (unpaired) electrons. The molecule has 5 nitrogen and oxygen atoms in total. The van der Waals surface area contributed by atoms with Crippen LogP contribution in [0.4, 0.5) is 0 Å². The molecular formula is C27H25NO4. The van der Waals surface area contributed by atoms with Crippen molar-refractivity contribution in [2.45, 2.75) is 19.9 Å². The van der Waals surface area contributed by atoms with Crippen molar-refractivity contribution in [3.63, 3.8) is 0 Å². The smallest absolute Gasteiger partial charge is 0.231 e. The molecule has 0 spiro atoms. The Bertz CT molecular complexity index is 1180. The fraction of sp³-hybridized carbons (Fsp3) is 0.222. The normalized spacial score (nSPS) is 16.3. The highest BCUT2D eigenvalue weighted by Gasteiger charge is 2.33. The van der Waals surface area contributed by atoms with Crippen molar-refractivity contribution in [1.82, 2.24) is 4.90 Å². The summed E-state index contributed by atoms with van der Waals surface area (Å²) in [4.78, 5) is 15.2. The Hall–Kier alpha value is -3.57. The first-order valence-electron chi connectivity index (χ1n) is 10.8. The Balaban J connectivity index is 1.33. The lowest BCUT2D eigenvalue weighted by molar-refractivity contribution is 0.0949. The molecule has 5 heteroatoms. The molecule has 0 saturated carbocycles. The summed E-state index contributed by atoms with van der Waals surface area (Å²) in [7, 11) is 1.67. The highest BCUT2D eigenvalue weighted by atomic mass is 16.5. The van der Waals surface area contributed by atoms with Gasteiger partial charge in [0.2, 0.25) is 5.78 Å². The fourth-order valence-corrected chi connectivity index (χ4v) is 4.04.